The van der Waals surface area contributed by atoms with Crippen molar-refractivity contribution in [3.63, 3.8) is 0 Å². The average molecular weight is 356 g/mol. The van der Waals surface area contributed by atoms with Crippen LogP contribution in [0.2, 0.25) is 0 Å². The molecule has 0 saturated heterocycles. The summed E-state index contributed by atoms with van der Waals surface area (Å²) in [5.74, 6) is -1.74. The van der Waals surface area contributed by atoms with E-state index in [-0.39, 0.29) is 5.78 Å². The van der Waals surface area contributed by atoms with Crippen molar-refractivity contribution in [1.29, 1.82) is 0 Å². The monoisotopic (exact) mass is 356 g/mol. The highest BCUT2D eigenvalue weighted by molar-refractivity contribution is 6.12. The van der Waals surface area contributed by atoms with Crippen LogP contribution in [0.5, 0.6) is 11.5 Å². The van der Waals surface area contributed by atoms with Gasteiger partial charge in [0.15, 0.2) is 5.78 Å². The fraction of sp³-hybridized carbons (Fsp3) is 0.176. The minimum absolute atomic E-state index is 0.107. The Labute approximate surface area is 141 Å². The Hall–Kier alpha value is -3.03. The maximum absolute atomic E-state index is 12.4. The van der Waals surface area contributed by atoms with E-state index in [2.05, 4.69) is 0 Å². The molecule has 2 aromatic rings. The Morgan fingerprint density at radius 1 is 0.840 bits per heavy atom. The van der Waals surface area contributed by atoms with Gasteiger partial charge >= 0.3 is 12.1 Å². The molecule has 0 aromatic heterocycles. The van der Waals surface area contributed by atoms with Crippen molar-refractivity contribution in [3.8, 4) is 11.5 Å². The minimum atomic E-state index is -5.08. The van der Waals surface area contributed by atoms with Crippen LogP contribution in [0.1, 0.15) is 15.9 Å². The van der Waals surface area contributed by atoms with E-state index in [0.717, 1.165) is 0 Å². The normalized spacial score (nSPS) is 10.3. The number of para-hydroxylation sites is 2. The highest BCUT2D eigenvalue weighted by Gasteiger charge is 2.38. The molecule has 134 valence electrons. The largest absolute Gasteiger partial charge is 0.496 e. The van der Waals surface area contributed by atoms with E-state index < -0.39 is 12.1 Å². The molecule has 0 heterocycles. The summed E-state index contributed by atoms with van der Waals surface area (Å²) >= 11 is 0. The van der Waals surface area contributed by atoms with Crippen LogP contribution in [0.15, 0.2) is 48.5 Å². The third-order valence-corrected chi connectivity index (χ3v) is 2.95. The van der Waals surface area contributed by atoms with Crippen molar-refractivity contribution in [1.82, 2.24) is 0 Å². The highest BCUT2D eigenvalue weighted by Crippen LogP contribution is 2.25. The maximum Gasteiger partial charge on any atom is 0.490 e. The SMILES string of the molecule is COc1ccccc1C(=O)c1ccccc1OC.O=C(O)C(F)(F)F. The molecular weight excluding hydrogens is 341 g/mol. The topological polar surface area (TPSA) is 72.8 Å². The van der Waals surface area contributed by atoms with Gasteiger partial charge in [0.2, 0.25) is 0 Å². The standard InChI is InChI=1S/C15H14O3.C2HF3O2/c1-17-13-9-5-3-7-11(13)15(16)12-8-4-6-10-14(12)18-2;3-2(4,5)1(6)7/h3-10H,1-2H3;(H,6,7). The molecule has 0 radical (unpaired) electrons. The second-order valence-electron chi connectivity index (χ2n) is 4.53. The first-order chi connectivity index (χ1) is 11.7. The molecule has 8 heteroatoms. The zero-order valence-corrected chi connectivity index (χ0v) is 13.3. The first kappa shape index (κ1) is 20.0. The van der Waals surface area contributed by atoms with E-state index in [0.29, 0.717) is 22.6 Å². The average Bonchev–Trinajstić information content (AvgIpc) is 2.60. The van der Waals surface area contributed by atoms with Crippen molar-refractivity contribution in [2.45, 2.75) is 6.18 Å². The number of rotatable bonds is 4. The van der Waals surface area contributed by atoms with E-state index in [9.17, 15) is 18.0 Å². The van der Waals surface area contributed by atoms with Gasteiger partial charge in [0.05, 0.1) is 25.3 Å². The zero-order chi connectivity index (χ0) is 19.0. The summed E-state index contributed by atoms with van der Waals surface area (Å²) in [6, 6.07) is 14.3. The molecule has 0 aliphatic carbocycles. The second kappa shape index (κ2) is 8.72. The molecule has 0 aliphatic rings. The quantitative estimate of drug-likeness (QED) is 0.848. The van der Waals surface area contributed by atoms with Crippen LogP contribution in [0.25, 0.3) is 0 Å². The number of methoxy groups -OCH3 is 2. The van der Waals surface area contributed by atoms with Gasteiger partial charge in [-0.15, -0.1) is 0 Å². The Morgan fingerprint density at radius 3 is 1.44 bits per heavy atom. The van der Waals surface area contributed by atoms with Gasteiger partial charge in [-0.1, -0.05) is 24.3 Å². The van der Waals surface area contributed by atoms with Gasteiger partial charge in [0, 0.05) is 0 Å². The van der Waals surface area contributed by atoms with Crippen LogP contribution in [0, 0.1) is 0 Å². The number of aliphatic carboxylic acids is 1. The summed E-state index contributed by atoms with van der Waals surface area (Å²) in [5, 5.41) is 7.12. The van der Waals surface area contributed by atoms with E-state index in [1.54, 1.807) is 38.5 Å². The van der Waals surface area contributed by atoms with E-state index >= 15 is 0 Å². The molecule has 1 N–H and O–H groups in total. The molecule has 25 heavy (non-hydrogen) atoms. The molecule has 0 bridgehead atoms. The van der Waals surface area contributed by atoms with Crippen molar-refractivity contribution >= 4 is 11.8 Å². The Bertz CT molecular complexity index is 692. The summed E-state index contributed by atoms with van der Waals surface area (Å²) in [6.45, 7) is 0. The van der Waals surface area contributed by atoms with Crippen LogP contribution < -0.4 is 9.47 Å². The number of carbonyl (C=O) groups is 2. The predicted molar refractivity (Wildman–Crippen MR) is 83.1 cm³/mol. The number of carbonyl (C=O) groups excluding carboxylic acids is 1. The minimum Gasteiger partial charge on any atom is -0.496 e. The summed E-state index contributed by atoms with van der Waals surface area (Å²) in [4.78, 5) is 21.3. The highest BCUT2D eigenvalue weighted by atomic mass is 19.4. The van der Waals surface area contributed by atoms with Crippen LogP contribution >= 0.6 is 0 Å². The van der Waals surface area contributed by atoms with Gasteiger partial charge in [-0.3, -0.25) is 4.79 Å². The summed E-state index contributed by atoms with van der Waals surface area (Å²) in [5.41, 5.74) is 1.06. The first-order valence-electron chi connectivity index (χ1n) is 6.83. The van der Waals surface area contributed by atoms with Gasteiger partial charge in [0.1, 0.15) is 11.5 Å². The lowest BCUT2D eigenvalue weighted by Gasteiger charge is -2.10. The number of alkyl halides is 3. The lowest BCUT2D eigenvalue weighted by molar-refractivity contribution is -0.192. The number of carboxylic acid groups (broad SMARTS) is 1. The molecule has 0 amide bonds. The predicted octanol–water partition coefficient (Wildman–Crippen LogP) is 3.57. The van der Waals surface area contributed by atoms with Gasteiger partial charge in [-0.2, -0.15) is 13.2 Å². The van der Waals surface area contributed by atoms with Crippen molar-refractivity contribution < 1.29 is 37.3 Å². The number of benzene rings is 2. The molecule has 0 atom stereocenters. The van der Waals surface area contributed by atoms with Gasteiger partial charge < -0.3 is 14.6 Å². The fourth-order valence-electron chi connectivity index (χ4n) is 1.81. The maximum atomic E-state index is 12.4. The number of ketones is 1. The smallest absolute Gasteiger partial charge is 0.490 e. The van der Waals surface area contributed by atoms with E-state index in [4.69, 9.17) is 19.4 Å². The lowest BCUT2D eigenvalue weighted by Crippen LogP contribution is -2.21. The first-order valence-corrected chi connectivity index (χ1v) is 6.83. The number of carboxylic acids is 1. The third kappa shape index (κ3) is 5.52. The summed E-state index contributed by atoms with van der Waals surface area (Å²) in [6.07, 6.45) is -5.08. The van der Waals surface area contributed by atoms with E-state index in [1.807, 2.05) is 24.3 Å². The fourth-order valence-corrected chi connectivity index (χ4v) is 1.81. The van der Waals surface area contributed by atoms with Crippen LogP contribution in [0.3, 0.4) is 0 Å². The van der Waals surface area contributed by atoms with Crippen LogP contribution in [-0.4, -0.2) is 37.3 Å². The van der Waals surface area contributed by atoms with Crippen molar-refractivity contribution in [3.05, 3.63) is 59.7 Å². The summed E-state index contributed by atoms with van der Waals surface area (Å²) in [7, 11) is 3.10. The molecule has 5 nitrogen and oxygen atoms in total. The Kier molecular flexibility index (Phi) is 6.98. The molecule has 0 saturated carbocycles. The number of hydrogen-bond acceptors (Lipinski definition) is 4. The van der Waals surface area contributed by atoms with Crippen LogP contribution in [-0.2, 0) is 4.79 Å². The van der Waals surface area contributed by atoms with Gasteiger partial charge in [-0.05, 0) is 24.3 Å². The molecule has 2 rings (SSSR count). The van der Waals surface area contributed by atoms with Crippen molar-refractivity contribution in [2.24, 2.45) is 0 Å². The van der Waals surface area contributed by atoms with Gasteiger partial charge in [-0.25, -0.2) is 4.79 Å². The Morgan fingerprint density at radius 2 is 1.16 bits per heavy atom. The van der Waals surface area contributed by atoms with Gasteiger partial charge in [0.25, 0.3) is 0 Å². The third-order valence-electron chi connectivity index (χ3n) is 2.95. The van der Waals surface area contributed by atoms with Crippen LogP contribution in [0.4, 0.5) is 13.2 Å². The number of hydrogen-bond donors (Lipinski definition) is 1. The molecule has 0 spiro atoms. The molecule has 0 fully saturated rings. The molecular formula is C17H15F3O5. The van der Waals surface area contributed by atoms with E-state index in [1.165, 1.54) is 0 Å². The number of halogens is 3. The zero-order valence-electron chi connectivity index (χ0n) is 13.3. The Balaban J connectivity index is 0.000000381. The number of ether oxygens (including phenoxy) is 2. The molecule has 0 unspecified atom stereocenters. The molecule has 2 aromatic carbocycles. The van der Waals surface area contributed by atoms with Crippen molar-refractivity contribution in [2.75, 3.05) is 14.2 Å². The molecule has 0 aliphatic heterocycles. The lowest BCUT2D eigenvalue weighted by atomic mass is 10.0. The second-order valence-corrected chi connectivity index (χ2v) is 4.53. The summed E-state index contributed by atoms with van der Waals surface area (Å²) < 4.78 is 42.1.